The molecule has 0 aliphatic heterocycles. The summed E-state index contributed by atoms with van der Waals surface area (Å²) in [5.74, 6) is 0. The Bertz CT molecular complexity index is 2410. The second kappa shape index (κ2) is 9.40. The van der Waals surface area contributed by atoms with E-state index in [0.717, 1.165) is 16.8 Å². The molecule has 0 radical (unpaired) electrons. The van der Waals surface area contributed by atoms with Gasteiger partial charge in [0.1, 0.15) is 0 Å². The van der Waals surface area contributed by atoms with Gasteiger partial charge in [-0.1, -0.05) is 127 Å². The number of hydrogen-bond donors (Lipinski definition) is 0. The van der Waals surface area contributed by atoms with E-state index in [0.29, 0.717) is 0 Å². The molecule has 200 valence electrons. The van der Waals surface area contributed by atoms with Crippen molar-refractivity contribution >= 4 is 54.3 Å². The highest BCUT2D eigenvalue weighted by molar-refractivity contribution is 6.24. The number of nitrogens with zero attached hydrogens (tertiary/aromatic N) is 2. The molecule has 0 saturated carbocycles. The van der Waals surface area contributed by atoms with Gasteiger partial charge in [0.2, 0.25) is 0 Å². The van der Waals surface area contributed by atoms with Crippen molar-refractivity contribution in [3.05, 3.63) is 158 Å². The summed E-state index contributed by atoms with van der Waals surface area (Å²) in [4.78, 5) is 5.25. The van der Waals surface area contributed by atoms with Crippen molar-refractivity contribution in [3.8, 4) is 28.1 Å². The number of benzene rings is 7. The average molecular weight is 547 g/mol. The average Bonchev–Trinajstić information content (AvgIpc) is 3.42. The Hall–Kier alpha value is -5.73. The number of pyridine rings is 1. The van der Waals surface area contributed by atoms with Gasteiger partial charge >= 0.3 is 0 Å². The summed E-state index contributed by atoms with van der Waals surface area (Å²) in [5.41, 5.74) is 9.12. The van der Waals surface area contributed by atoms with Crippen molar-refractivity contribution in [2.45, 2.75) is 0 Å². The van der Waals surface area contributed by atoms with Crippen LogP contribution in [0.4, 0.5) is 0 Å². The first-order valence-electron chi connectivity index (χ1n) is 14.7. The van der Waals surface area contributed by atoms with Gasteiger partial charge in [-0.2, -0.15) is 0 Å². The summed E-state index contributed by atoms with van der Waals surface area (Å²) in [6, 6.07) is 56.6. The first-order chi connectivity index (χ1) is 21.3. The van der Waals surface area contributed by atoms with E-state index < -0.39 is 0 Å². The molecule has 0 fully saturated rings. The maximum absolute atomic E-state index is 5.25. The molecule has 2 heterocycles. The topological polar surface area (TPSA) is 17.8 Å². The van der Waals surface area contributed by atoms with E-state index in [1.165, 1.54) is 65.6 Å². The van der Waals surface area contributed by atoms with Gasteiger partial charge in [-0.15, -0.1) is 0 Å². The molecule has 0 amide bonds. The van der Waals surface area contributed by atoms with Crippen LogP contribution in [0, 0.1) is 0 Å². The Labute approximate surface area is 249 Å². The first kappa shape index (κ1) is 23.9. The molecule has 7 aromatic carbocycles. The fraction of sp³-hybridized carbons (Fsp3) is 0. The van der Waals surface area contributed by atoms with E-state index in [1.54, 1.807) is 0 Å². The summed E-state index contributed by atoms with van der Waals surface area (Å²) in [7, 11) is 0. The van der Waals surface area contributed by atoms with Crippen LogP contribution in [-0.4, -0.2) is 9.55 Å². The number of para-hydroxylation sites is 3. The Morgan fingerprint density at radius 3 is 1.47 bits per heavy atom. The maximum atomic E-state index is 5.25. The molecular weight excluding hydrogens is 520 g/mol. The van der Waals surface area contributed by atoms with E-state index >= 15 is 0 Å². The predicted octanol–water partition coefficient (Wildman–Crippen LogP) is 11.0. The monoisotopic (exact) mass is 546 g/mol. The molecule has 0 aliphatic carbocycles. The van der Waals surface area contributed by atoms with Gasteiger partial charge in [0.15, 0.2) is 0 Å². The molecule has 0 aliphatic rings. The summed E-state index contributed by atoms with van der Waals surface area (Å²) >= 11 is 0. The number of aromatic nitrogens is 2. The van der Waals surface area contributed by atoms with Gasteiger partial charge < -0.3 is 4.57 Å². The van der Waals surface area contributed by atoms with E-state index in [2.05, 4.69) is 162 Å². The zero-order valence-corrected chi connectivity index (χ0v) is 23.4. The summed E-state index contributed by atoms with van der Waals surface area (Å²) < 4.78 is 2.40. The molecule has 0 N–H and O–H groups in total. The van der Waals surface area contributed by atoms with Crippen molar-refractivity contribution in [3.63, 3.8) is 0 Å². The fourth-order valence-electron chi connectivity index (χ4n) is 6.84. The molecule has 0 bridgehead atoms. The molecule has 0 atom stereocenters. The van der Waals surface area contributed by atoms with Crippen LogP contribution in [0.5, 0.6) is 0 Å². The third-order valence-corrected chi connectivity index (χ3v) is 8.80. The minimum atomic E-state index is 0.982. The second-order valence-electron chi connectivity index (χ2n) is 11.1. The van der Waals surface area contributed by atoms with Gasteiger partial charge in [0.05, 0.1) is 27.9 Å². The summed E-state index contributed by atoms with van der Waals surface area (Å²) in [5, 5.41) is 8.67. The molecule has 43 heavy (non-hydrogen) atoms. The lowest BCUT2D eigenvalue weighted by Crippen LogP contribution is -1.97. The highest BCUT2D eigenvalue weighted by Gasteiger charge is 2.15. The molecule has 9 aromatic rings. The second-order valence-corrected chi connectivity index (χ2v) is 11.1. The zero-order chi connectivity index (χ0) is 28.3. The van der Waals surface area contributed by atoms with E-state index in [-0.39, 0.29) is 0 Å². The Morgan fingerprint density at radius 2 is 0.814 bits per heavy atom. The molecule has 0 saturated heterocycles. The maximum Gasteiger partial charge on any atom is 0.0794 e. The Balaban J connectivity index is 1.18. The zero-order valence-electron chi connectivity index (χ0n) is 23.4. The smallest absolute Gasteiger partial charge is 0.0794 e. The molecule has 0 spiro atoms. The van der Waals surface area contributed by atoms with Crippen LogP contribution in [0.25, 0.3) is 82.3 Å². The Morgan fingerprint density at radius 1 is 0.349 bits per heavy atom. The van der Waals surface area contributed by atoms with Crippen molar-refractivity contribution in [1.82, 2.24) is 9.55 Å². The van der Waals surface area contributed by atoms with Crippen LogP contribution in [0.2, 0.25) is 0 Å². The number of fused-ring (bicyclic) bond motifs is 9. The number of hydrogen-bond acceptors (Lipinski definition) is 1. The minimum Gasteiger partial charge on any atom is -0.309 e. The standard InChI is InChI=1S/C41H26N2/c1-2-14-32-30(12-1)31-13-3-4-17-35(31)41-36(32)25-26-37(42-41)28-23-21-27(22-24-28)29-11-5-8-18-38(29)43-39-19-9-6-15-33(39)34-16-7-10-20-40(34)43/h1-26H. The van der Waals surface area contributed by atoms with Gasteiger partial charge in [-0.3, -0.25) is 0 Å². The van der Waals surface area contributed by atoms with Crippen LogP contribution >= 0.6 is 0 Å². The van der Waals surface area contributed by atoms with Gasteiger partial charge in [0.25, 0.3) is 0 Å². The quantitative estimate of drug-likeness (QED) is 0.202. The van der Waals surface area contributed by atoms with Crippen LogP contribution in [0.15, 0.2) is 158 Å². The normalized spacial score (nSPS) is 11.7. The number of rotatable bonds is 3. The van der Waals surface area contributed by atoms with E-state index in [9.17, 15) is 0 Å². The highest BCUT2D eigenvalue weighted by Crippen LogP contribution is 2.38. The van der Waals surface area contributed by atoms with E-state index in [4.69, 9.17) is 4.98 Å². The van der Waals surface area contributed by atoms with Crippen molar-refractivity contribution < 1.29 is 0 Å². The fourth-order valence-corrected chi connectivity index (χ4v) is 6.84. The summed E-state index contributed by atoms with van der Waals surface area (Å²) in [6.07, 6.45) is 0. The molecular formula is C41H26N2. The highest BCUT2D eigenvalue weighted by atomic mass is 15.0. The third-order valence-electron chi connectivity index (χ3n) is 8.80. The SMILES string of the molecule is c1ccc(-n2c3ccccc3c3ccccc32)c(-c2ccc(-c3ccc4c5ccccc5c5ccccc5c4n3)cc2)c1. The molecule has 0 unspecified atom stereocenters. The summed E-state index contributed by atoms with van der Waals surface area (Å²) in [6.45, 7) is 0. The molecule has 9 rings (SSSR count). The van der Waals surface area contributed by atoms with Gasteiger partial charge in [-0.05, 0) is 52.1 Å². The van der Waals surface area contributed by atoms with Crippen LogP contribution in [0.1, 0.15) is 0 Å². The lowest BCUT2D eigenvalue weighted by molar-refractivity contribution is 1.18. The van der Waals surface area contributed by atoms with E-state index in [1.807, 2.05) is 0 Å². The third kappa shape index (κ3) is 3.63. The van der Waals surface area contributed by atoms with Crippen LogP contribution in [-0.2, 0) is 0 Å². The molecule has 2 nitrogen and oxygen atoms in total. The minimum absolute atomic E-state index is 0.982. The van der Waals surface area contributed by atoms with Gasteiger partial charge in [0, 0.05) is 32.7 Å². The lowest BCUT2D eigenvalue weighted by atomic mass is 9.96. The first-order valence-corrected chi connectivity index (χ1v) is 14.7. The van der Waals surface area contributed by atoms with Gasteiger partial charge in [-0.25, -0.2) is 4.98 Å². The predicted molar refractivity (Wildman–Crippen MR) is 182 cm³/mol. The molecule has 2 aromatic heterocycles. The molecule has 2 heteroatoms. The lowest BCUT2D eigenvalue weighted by Gasteiger charge is -2.14. The van der Waals surface area contributed by atoms with Crippen molar-refractivity contribution in [1.29, 1.82) is 0 Å². The van der Waals surface area contributed by atoms with Crippen molar-refractivity contribution in [2.75, 3.05) is 0 Å². The van der Waals surface area contributed by atoms with Crippen LogP contribution < -0.4 is 0 Å². The van der Waals surface area contributed by atoms with Crippen molar-refractivity contribution in [2.24, 2.45) is 0 Å². The van der Waals surface area contributed by atoms with Crippen LogP contribution in [0.3, 0.4) is 0 Å². The largest absolute Gasteiger partial charge is 0.309 e. The Kier molecular flexibility index (Phi) is 5.23.